The lowest BCUT2D eigenvalue weighted by atomic mass is 10.1. The van der Waals surface area contributed by atoms with Gasteiger partial charge in [-0.3, -0.25) is 9.80 Å². The van der Waals surface area contributed by atoms with Crippen molar-refractivity contribution in [1.29, 1.82) is 0 Å². The Kier molecular flexibility index (Phi) is 10.0. The Bertz CT molecular complexity index is 697. The Hall–Kier alpha value is -2.28. The van der Waals surface area contributed by atoms with E-state index in [4.69, 9.17) is 24.2 Å². The van der Waals surface area contributed by atoms with E-state index in [2.05, 4.69) is 29.7 Å². The van der Waals surface area contributed by atoms with Gasteiger partial charge in [0.25, 0.3) is 0 Å². The van der Waals surface area contributed by atoms with Crippen LogP contribution in [0.1, 0.15) is 32.3 Å². The molecule has 13 heteroatoms. The molecule has 3 rings (SSSR count). The molecule has 7 nitrogen and oxygen atoms in total. The first-order chi connectivity index (χ1) is 14.6. The second-order valence-corrected chi connectivity index (χ2v) is 7.81. The zero-order valence-electron chi connectivity index (χ0n) is 17.5. The summed E-state index contributed by atoms with van der Waals surface area (Å²) in [5.74, 6) is -4.73. The Balaban J connectivity index is 0.000000305. The molecule has 0 bridgehead atoms. The molecule has 0 unspecified atom stereocenters. The molecule has 2 N–H and O–H groups in total. The molecule has 1 aromatic heterocycles. The maximum absolute atomic E-state index is 10.6. The first-order valence-corrected chi connectivity index (χ1v) is 9.72. The van der Waals surface area contributed by atoms with E-state index in [0.717, 1.165) is 24.5 Å². The van der Waals surface area contributed by atoms with Crippen molar-refractivity contribution >= 4 is 11.9 Å². The zero-order valence-corrected chi connectivity index (χ0v) is 17.5. The smallest absolute Gasteiger partial charge is 0.475 e. The summed E-state index contributed by atoms with van der Waals surface area (Å²) in [7, 11) is 0. The van der Waals surface area contributed by atoms with E-state index in [0.29, 0.717) is 0 Å². The molecular weight excluding hydrogens is 450 g/mol. The van der Waals surface area contributed by atoms with Gasteiger partial charge in [0.15, 0.2) is 0 Å². The quantitative estimate of drug-likeness (QED) is 0.638. The average molecular weight is 476 g/mol. The van der Waals surface area contributed by atoms with Crippen molar-refractivity contribution < 1.29 is 50.6 Å². The molecule has 0 amide bonds. The third-order valence-corrected chi connectivity index (χ3v) is 4.86. The summed E-state index contributed by atoms with van der Waals surface area (Å²) in [6.45, 7) is 9.51. The largest absolute Gasteiger partial charge is 0.490 e. The van der Waals surface area contributed by atoms with Gasteiger partial charge >= 0.3 is 24.3 Å². The average Bonchev–Trinajstić information content (AvgIpc) is 3.35. The molecule has 1 aromatic rings. The number of nitrogens with zero attached hydrogens (tertiary/aromatic N) is 2. The van der Waals surface area contributed by atoms with Gasteiger partial charge in [-0.25, -0.2) is 9.59 Å². The van der Waals surface area contributed by atoms with Gasteiger partial charge in [-0.05, 0) is 24.8 Å². The maximum atomic E-state index is 10.6. The van der Waals surface area contributed by atoms with Gasteiger partial charge in [0.2, 0.25) is 0 Å². The summed E-state index contributed by atoms with van der Waals surface area (Å²) in [5, 5.41) is 14.2. The predicted octanol–water partition coefficient (Wildman–Crippen LogP) is 3.85. The predicted molar refractivity (Wildman–Crippen MR) is 99.7 cm³/mol. The highest BCUT2D eigenvalue weighted by Gasteiger charge is 2.42. The van der Waals surface area contributed by atoms with Crippen LogP contribution in [0.4, 0.5) is 26.3 Å². The number of halogens is 6. The first kappa shape index (κ1) is 27.8. The van der Waals surface area contributed by atoms with Gasteiger partial charge in [0.05, 0.1) is 12.5 Å². The number of aliphatic carboxylic acids is 2. The van der Waals surface area contributed by atoms with E-state index in [1.54, 1.807) is 6.26 Å². The maximum Gasteiger partial charge on any atom is 0.490 e. The lowest BCUT2D eigenvalue weighted by Crippen LogP contribution is -2.37. The fourth-order valence-electron chi connectivity index (χ4n) is 3.67. The van der Waals surface area contributed by atoms with Crippen LogP contribution >= 0.6 is 0 Å². The molecule has 0 radical (unpaired) electrons. The number of hydrogen-bond acceptors (Lipinski definition) is 5. The topological polar surface area (TPSA) is 94.2 Å². The van der Waals surface area contributed by atoms with E-state index in [9.17, 15) is 26.3 Å². The molecule has 2 saturated heterocycles. The highest BCUT2D eigenvalue weighted by molar-refractivity contribution is 5.73. The molecule has 0 aliphatic carbocycles. The summed E-state index contributed by atoms with van der Waals surface area (Å²) in [6.07, 6.45) is -3.82. The van der Waals surface area contributed by atoms with Crippen LogP contribution in [0.2, 0.25) is 0 Å². The van der Waals surface area contributed by atoms with Crippen molar-refractivity contribution in [3.05, 3.63) is 24.2 Å². The molecule has 32 heavy (non-hydrogen) atoms. The fraction of sp³-hybridized carbons (Fsp3) is 0.684. The van der Waals surface area contributed by atoms with E-state index < -0.39 is 24.3 Å². The van der Waals surface area contributed by atoms with Crippen molar-refractivity contribution in [2.45, 2.75) is 57.7 Å². The van der Waals surface area contributed by atoms with E-state index in [-0.39, 0.29) is 0 Å². The van der Waals surface area contributed by atoms with Crippen molar-refractivity contribution in [3.63, 3.8) is 0 Å². The minimum Gasteiger partial charge on any atom is -0.475 e. The minimum absolute atomic E-state index is 0.777. The summed E-state index contributed by atoms with van der Waals surface area (Å²) >= 11 is 0. The Morgan fingerprint density at radius 1 is 1.00 bits per heavy atom. The van der Waals surface area contributed by atoms with Crippen molar-refractivity contribution in [2.75, 3.05) is 19.6 Å². The molecule has 2 fully saturated rings. The Morgan fingerprint density at radius 2 is 1.44 bits per heavy atom. The lowest BCUT2D eigenvalue weighted by molar-refractivity contribution is -0.193. The number of alkyl halides is 6. The van der Waals surface area contributed by atoms with E-state index in [1.165, 1.54) is 38.0 Å². The van der Waals surface area contributed by atoms with Gasteiger partial charge in [-0.2, -0.15) is 26.3 Å². The number of carboxylic acids is 2. The highest BCUT2D eigenvalue weighted by Crippen LogP contribution is 2.33. The van der Waals surface area contributed by atoms with Crippen LogP contribution in [0.25, 0.3) is 0 Å². The molecule has 3 heterocycles. The van der Waals surface area contributed by atoms with Crippen molar-refractivity contribution in [2.24, 2.45) is 5.92 Å². The number of hydrogen-bond donors (Lipinski definition) is 2. The molecule has 0 saturated carbocycles. The van der Waals surface area contributed by atoms with Gasteiger partial charge in [-0.1, -0.05) is 13.8 Å². The van der Waals surface area contributed by atoms with Crippen LogP contribution in [0.5, 0.6) is 0 Å². The first-order valence-electron chi connectivity index (χ1n) is 9.72. The molecule has 2 atom stereocenters. The van der Waals surface area contributed by atoms with Crippen LogP contribution in [0, 0.1) is 5.92 Å². The number of likely N-dealkylation sites (tertiary alicyclic amines) is 2. The number of carbonyl (C=O) groups is 2. The normalized spacial score (nSPS) is 21.4. The third-order valence-electron chi connectivity index (χ3n) is 4.86. The van der Waals surface area contributed by atoms with Crippen molar-refractivity contribution in [3.8, 4) is 0 Å². The van der Waals surface area contributed by atoms with Crippen LogP contribution < -0.4 is 0 Å². The van der Waals surface area contributed by atoms with E-state index in [1.807, 2.05) is 6.26 Å². The highest BCUT2D eigenvalue weighted by atomic mass is 19.4. The second kappa shape index (κ2) is 11.5. The van der Waals surface area contributed by atoms with Gasteiger partial charge in [-0.15, -0.1) is 0 Å². The molecule has 0 aromatic carbocycles. The van der Waals surface area contributed by atoms with Gasteiger partial charge < -0.3 is 14.6 Å². The number of fused-ring (bicyclic) bond motifs is 1. The minimum atomic E-state index is -5.08. The SMILES string of the molecule is CC(C)CN1CC[C@@H]2[C@@H]1CCN2Cc1ccoc1.O=C(O)C(F)(F)F.O=C(O)C(F)(F)F. The fourth-order valence-corrected chi connectivity index (χ4v) is 3.67. The molecule has 0 spiro atoms. The zero-order chi connectivity index (χ0) is 24.7. The summed E-state index contributed by atoms with van der Waals surface area (Å²) in [6, 6.07) is 3.67. The van der Waals surface area contributed by atoms with Crippen molar-refractivity contribution in [1.82, 2.24) is 9.80 Å². The molecule has 2 aliphatic rings. The van der Waals surface area contributed by atoms with Crippen LogP contribution in [-0.2, 0) is 16.1 Å². The number of furan rings is 1. The summed E-state index contributed by atoms with van der Waals surface area (Å²) < 4.78 is 68.6. The number of carboxylic acid groups (broad SMARTS) is 2. The third kappa shape index (κ3) is 9.07. The van der Waals surface area contributed by atoms with Crippen LogP contribution in [-0.4, -0.2) is 76.0 Å². The second-order valence-electron chi connectivity index (χ2n) is 7.81. The van der Waals surface area contributed by atoms with Crippen LogP contribution in [0.15, 0.2) is 23.0 Å². The monoisotopic (exact) mass is 476 g/mol. The summed E-state index contributed by atoms with van der Waals surface area (Å²) in [5.41, 5.74) is 1.32. The Labute approximate surface area is 180 Å². The summed E-state index contributed by atoms with van der Waals surface area (Å²) in [4.78, 5) is 23.2. The lowest BCUT2D eigenvalue weighted by Gasteiger charge is -2.26. The molecule has 184 valence electrons. The van der Waals surface area contributed by atoms with E-state index >= 15 is 0 Å². The molecular formula is C19H26F6N2O5. The Morgan fingerprint density at radius 3 is 1.81 bits per heavy atom. The molecule has 2 aliphatic heterocycles. The number of rotatable bonds is 4. The van der Waals surface area contributed by atoms with Gasteiger partial charge in [0, 0.05) is 43.8 Å². The van der Waals surface area contributed by atoms with Gasteiger partial charge in [0.1, 0.15) is 0 Å². The van der Waals surface area contributed by atoms with Crippen LogP contribution in [0.3, 0.4) is 0 Å². The standard InChI is InChI=1S/C15H24N2O.2C2HF3O2/c1-12(2)9-16-6-3-15-14(16)4-7-17(15)10-13-5-8-18-11-13;2*3-2(4,5)1(6)7/h5,8,11-12,14-15H,3-4,6-7,9-10H2,1-2H3;2*(H,6,7)/t14-,15+;;/m0../s1.